The highest BCUT2D eigenvalue weighted by Crippen LogP contribution is 2.24. The number of carbonyl (C=O) groups is 1. The van der Waals surface area contributed by atoms with Crippen molar-refractivity contribution in [2.24, 2.45) is 0 Å². The van der Waals surface area contributed by atoms with Crippen LogP contribution in [0.1, 0.15) is 47.9 Å². The van der Waals surface area contributed by atoms with Crippen molar-refractivity contribution in [2.75, 3.05) is 24.5 Å². The van der Waals surface area contributed by atoms with Crippen LogP contribution in [0.3, 0.4) is 0 Å². The number of likely N-dealkylation sites (tertiary alicyclic amines) is 1. The lowest BCUT2D eigenvalue weighted by atomic mass is 10.1. The van der Waals surface area contributed by atoms with Crippen LogP contribution in [0.4, 0.5) is 11.6 Å². The molecular formula is C20H26N4O. The Kier molecular flexibility index (Phi) is 5.31. The van der Waals surface area contributed by atoms with E-state index in [4.69, 9.17) is 0 Å². The Hall–Kier alpha value is -2.43. The first-order valence-corrected chi connectivity index (χ1v) is 9.07. The molecule has 1 aliphatic heterocycles. The standard InChI is InChI=1S/C20H26N4O/c1-4-24(17-10-8-9-15(2)13-17)20-21-16(3)14-18(22-20)19(25)23-11-6-5-7-12-23/h8-10,13-14H,4-7,11-12H2,1-3H3. The maximum atomic E-state index is 12.8. The summed E-state index contributed by atoms with van der Waals surface area (Å²) in [4.78, 5) is 26.0. The molecule has 0 atom stereocenters. The predicted molar refractivity (Wildman–Crippen MR) is 100 cm³/mol. The SMILES string of the molecule is CCN(c1cccc(C)c1)c1nc(C)cc(C(=O)N2CCCCC2)n1. The van der Waals surface area contributed by atoms with E-state index < -0.39 is 0 Å². The smallest absolute Gasteiger partial charge is 0.272 e. The van der Waals surface area contributed by atoms with Crippen LogP contribution in [0.15, 0.2) is 30.3 Å². The summed E-state index contributed by atoms with van der Waals surface area (Å²) >= 11 is 0. The lowest BCUT2D eigenvalue weighted by molar-refractivity contribution is 0.0718. The average molecular weight is 338 g/mol. The van der Waals surface area contributed by atoms with Gasteiger partial charge < -0.3 is 9.80 Å². The molecule has 0 bridgehead atoms. The molecule has 2 aromatic rings. The van der Waals surface area contributed by atoms with Crippen molar-refractivity contribution < 1.29 is 4.79 Å². The zero-order valence-electron chi connectivity index (χ0n) is 15.3. The first kappa shape index (κ1) is 17.4. The monoisotopic (exact) mass is 338 g/mol. The quantitative estimate of drug-likeness (QED) is 0.849. The fraction of sp³-hybridized carbons (Fsp3) is 0.450. The number of piperidine rings is 1. The Labute approximate surface area is 149 Å². The van der Waals surface area contributed by atoms with Crippen LogP contribution in [0.2, 0.25) is 0 Å². The van der Waals surface area contributed by atoms with Gasteiger partial charge in [0, 0.05) is 31.0 Å². The Morgan fingerprint density at radius 3 is 2.56 bits per heavy atom. The van der Waals surface area contributed by atoms with Gasteiger partial charge in [-0.3, -0.25) is 4.79 Å². The number of anilines is 2. The number of hydrogen-bond acceptors (Lipinski definition) is 4. The van der Waals surface area contributed by atoms with Crippen molar-refractivity contribution in [1.82, 2.24) is 14.9 Å². The van der Waals surface area contributed by atoms with Crippen LogP contribution in [0, 0.1) is 13.8 Å². The molecule has 0 spiro atoms. The lowest BCUT2D eigenvalue weighted by Crippen LogP contribution is -2.36. The maximum Gasteiger partial charge on any atom is 0.272 e. The Balaban J connectivity index is 1.93. The molecule has 0 N–H and O–H groups in total. The summed E-state index contributed by atoms with van der Waals surface area (Å²) in [6.45, 7) is 8.45. The molecule has 5 nitrogen and oxygen atoms in total. The highest BCUT2D eigenvalue weighted by Gasteiger charge is 2.21. The summed E-state index contributed by atoms with van der Waals surface area (Å²) in [6.07, 6.45) is 3.36. The van der Waals surface area contributed by atoms with E-state index >= 15 is 0 Å². The molecular weight excluding hydrogens is 312 g/mol. The van der Waals surface area contributed by atoms with E-state index in [0.29, 0.717) is 11.6 Å². The number of benzene rings is 1. The van der Waals surface area contributed by atoms with E-state index in [9.17, 15) is 4.79 Å². The predicted octanol–water partition coefficient (Wildman–Crippen LogP) is 3.88. The van der Waals surface area contributed by atoms with Gasteiger partial charge in [-0.05, 0) is 63.8 Å². The molecule has 0 unspecified atom stereocenters. The second kappa shape index (κ2) is 7.64. The van der Waals surface area contributed by atoms with Crippen molar-refractivity contribution in [1.29, 1.82) is 0 Å². The molecule has 1 saturated heterocycles. The third-order valence-corrected chi connectivity index (χ3v) is 4.58. The molecule has 3 rings (SSSR count). The summed E-state index contributed by atoms with van der Waals surface area (Å²) in [5.74, 6) is 0.611. The Morgan fingerprint density at radius 1 is 1.12 bits per heavy atom. The molecule has 132 valence electrons. The maximum absolute atomic E-state index is 12.8. The molecule has 2 heterocycles. The highest BCUT2D eigenvalue weighted by molar-refractivity contribution is 5.92. The average Bonchev–Trinajstić information content (AvgIpc) is 2.62. The van der Waals surface area contributed by atoms with Gasteiger partial charge in [-0.2, -0.15) is 0 Å². The van der Waals surface area contributed by atoms with E-state index in [1.807, 2.05) is 28.9 Å². The van der Waals surface area contributed by atoms with Crippen LogP contribution in [0.25, 0.3) is 0 Å². The fourth-order valence-electron chi connectivity index (χ4n) is 3.28. The Morgan fingerprint density at radius 2 is 1.88 bits per heavy atom. The zero-order chi connectivity index (χ0) is 17.8. The molecule has 0 radical (unpaired) electrons. The van der Waals surface area contributed by atoms with Crippen LogP contribution in [0.5, 0.6) is 0 Å². The molecule has 1 aromatic carbocycles. The number of amides is 1. The van der Waals surface area contributed by atoms with Gasteiger partial charge in [-0.25, -0.2) is 9.97 Å². The van der Waals surface area contributed by atoms with Gasteiger partial charge in [-0.1, -0.05) is 12.1 Å². The number of hydrogen-bond donors (Lipinski definition) is 0. The van der Waals surface area contributed by atoms with Gasteiger partial charge in [-0.15, -0.1) is 0 Å². The van der Waals surface area contributed by atoms with Crippen LogP contribution in [-0.4, -0.2) is 40.4 Å². The highest BCUT2D eigenvalue weighted by atomic mass is 16.2. The van der Waals surface area contributed by atoms with Crippen molar-refractivity contribution in [3.8, 4) is 0 Å². The topological polar surface area (TPSA) is 49.3 Å². The zero-order valence-corrected chi connectivity index (χ0v) is 15.3. The number of rotatable bonds is 4. The second-order valence-electron chi connectivity index (χ2n) is 6.63. The van der Waals surface area contributed by atoms with Crippen molar-refractivity contribution in [3.05, 3.63) is 47.3 Å². The molecule has 0 saturated carbocycles. The molecule has 1 aliphatic rings. The van der Waals surface area contributed by atoms with Crippen molar-refractivity contribution >= 4 is 17.5 Å². The van der Waals surface area contributed by atoms with E-state index in [0.717, 1.165) is 43.9 Å². The largest absolute Gasteiger partial charge is 0.337 e. The van der Waals surface area contributed by atoms with E-state index in [1.54, 1.807) is 6.07 Å². The number of aromatic nitrogens is 2. The lowest BCUT2D eigenvalue weighted by Gasteiger charge is -2.27. The Bertz CT molecular complexity index is 753. The summed E-state index contributed by atoms with van der Waals surface area (Å²) in [6, 6.07) is 10.1. The van der Waals surface area contributed by atoms with Gasteiger partial charge in [0.05, 0.1) is 0 Å². The third-order valence-electron chi connectivity index (χ3n) is 4.58. The van der Waals surface area contributed by atoms with E-state index in [2.05, 4.69) is 35.9 Å². The summed E-state index contributed by atoms with van der Waals surface area (Å²) in [7, 11) is 0. The molecule has 0 aliphatic carbocycles. The van der Waals surface area contributed by atoms with Crippen molar-refractivity contribution in [2.45, 2.75) is 40.0 Å². The number of aryl methyl sites for hydroxylation is 2. The van der Waals surface area contributed by atoms with Crippen molar-refractivity contribution in [3.63, 3.8) is 0 Å². The van der Waals surface area contributed by atoms with Crippen LogP contribution < -0.4 is 4.90 Å². The normalized spacial score (nSPS) is 14.4. The van der Waals surface area contributed by atoms with Crippen LogP contribution in [-0.2, 0) is 0 Å². The minimum atomic E-state index is 0.0201. The summed E-state index contributed by atoms with van der Waals surface area (Å²) in [5.41, 5.74) is 3.55. The second-order valence-corrected chi connectivity index (χ2v) is 6.63. The number of carbonyl (C=O) groups excluding carboxylic acids is 1. The first-order chi connectivity index (χ1) is 12.1. The first-order valence-electron chi connectivity index (χ1n) is 9.07. The number of nitrogens with zero attached hydrogens (tertiary/aromatic N) is 4. The molecule has 1 amide bonds. The molecule has 25 heavy (non-hydrogen) atoms. The van der Waals surface area contributed by atoms with Gasteiger partial charge in [0.25, 0.3) is 5.91 Å². The fourth-order valence-corrected chi connectivity index (χ4v) is 3.28. The van der Waals surface area contributed by atoms with Gasteiger partial charge >= 0.3 is 0 Å². The summed E-state index contributed by atoms with van der Waals surface area (Å²) in [5, 5.41) is 0. The third kappa shape index (κ3) is 3.98. The van der Waals surface area contributed by atoms with Gasteiger partial charge in [0.15, 0.2) is 0 Å². The molecule has 1 aromatic heterocycles. The van der Waals surface area contributed by atoms with E-state index in [1.165, 1.54) is 12.0 Å². The minimum absolute atomic E-state index is 0.0201. The molecule has 1 fully saturated rings. The minimum Gasteiger partial charge on any atom is -0.337 e. The van der Waals surface area contributed by atoms with Gasteiger partial charge in [0.2, 0.25) is 5.95 Å². The summed E-state index contributed by atoms with van der Waals surface area (Å²) < 4.78 is 0. The molecule has 5 heteroatoms. The van der Waals surface area contributed by atoms with Gasteiger partial charge in [0.1, 0.15) is 5.69 Å². The van der Waals surface area contributed by atoms with E-state index in [-0.39, 0.29) is 5.91 Å². The van der Waals surface area contributed by atoms with Crippen LogP contribution >= 0.6 is 0 Å².